The first-order chi connectivity index (χ1) is 12.3. The van der Waals surface area contributed by atoms with Crippen LogP contribution in [0.25, 0.3) is 11.1 Å². The summed E-state index contributed by atoms with van der Waals surface area (Å²) in [5, 5.41) is 3.07. The number of carbonyl (C=O) groups excluding carboxylic acids is 1. The fourth-order valence-electron chi connectivity index (χ4n) is 3.48. The summed E-state index contributed by atoms with van der Waals surface area (Å²) in [5.41, 5.74) is 4.58. The lowest BCUT2D eigenvalue weighted by Gasteiger charge is -2.20. The Bertz CT molecular complexity index is 767. The van der Waals surface area contributed by atoms with Gasteiger partial charge in [0, 0.05) is 17.9 Å². The van der Waals surface area contributed by atoms with Crippen molar-refractivity contribution in [2.45, 2.75) is 33.1 Å². The molecule has 1 amide bonds. The van der Waals surface area contributed by atoms with E-state index in [9.17, 15) is 4.79 Å². The molecule has 0 atom stereocenters. The molecule has 0 aliphatic heterocycles. The minimum atomic E-state index is -0.377. The second-order valence-electron chi connectivity index (χ2n) is 7.75. The molecule has 0 unspecified atom stereocenters. The predicted molar refractivity (Wildman–Crippen MR) is 104 cm³/mol. The second kappa shape index (κ2) is 7.02. The monoisotopic (exact) mass is 353 g/mol. The maximum absolute atomic E-state index is 12.2. The number of amides is 1. The third-order valence-electron chi connectivity index (χ3n) is 4.96. The molecular weight excluding hydrogens is 326 g/mol. The zero-order chi connectivity index (χ0) is 18.9. The number of hydrogen-bond acceptors (Lipinski definition) is 3. The second-order valence-corrected chi connectivity index (χ2v) is 7.75. The molecule has 4 nitrogen and oxygen atoms in total. The zero-order valence-electron chi connectivity index (χ0n) is 16.2. The number of methoxy groups -OCH3 is 2. The molecule has 0 aromatic heterocycles. The Morgan fingerprint density at radius 3 is 1.88 bits per heavy atom. The number of ether oxygens (including phenoxy) is 2. The number of hydrogen-bond donors (Lipinski definition) is 1. The first-order valence-corrected chi connectivity index (χ1v) is 8.99. The van der Waals surface area contributed by atoms with Gasteiger partial charge in [-0.2, -0.15) is 0 Å². The molecule has 1 N–H and O–H groups in total. The van der Waals surface area contributed by atoms with Crippen LogP contribution in [0, 0.1) is 5.41 Å². The highest BCUT2D eigenvalue weighted by atomic mass is 16.5. The van der Waals surface area contributed by atoms with Crippen molar-refractivity contribution in [1.29, 1.82) is 0 Å². The van der Waals surface area contributed by atoms with Crippen LogP contribution in [0.5, 0.6) is 11.5 Å². The average Bonchev–Trinajstić information content (AvgIpc) is 2.93. The van der Waals surface area contributed by atoms with E-state index in [0.717, 1.165) is 17.9 Å². The molecule has 0 spiro atoms. The molecule has 138 valence electrons. The fourth-order valence-corrected chi connectivity index (χ4v) is 3.48. The number of benzene rings is 2. The smallest absolute Gasteiger partial charge is 0.225 e. The molecule has 1 aliphatic rings. The lowest BCUT2D eigenvalue weighted by Crippen LogP contribution is -2.35. The van der Waals surface area contributed by atoms with Crippen molar-refractivity contribution in [2.24, 2.45) is 5.41 Å². The quantitative estimate of drug-likeness (QED) is 0.868. The molecule has 0 fully saturated rings. The molecule has 2 aromatic rings. The van der Waals surface area contributed by atoms with Crippen LogP contribution in [0.1, 0.15) is 44.2 Å². The molecule has 2 aromatic carbocycles. The van der Waals surface area contributed by atoms with Crippen LogP contribution in [-0.2, 0) is 4.79 Å². The topological polar surface area (TPSA) is 47.6 Å². The Hall–Kier alpha value is -2.49. The van der Waals surface area contributed by atoms with Crippen LogP contribution in [-0.4, -0.2) is 26.7 Å². The lowest BCUT2D eigenvalue weighted by atomic mass is 9.92. The summed E-state index contributed by atoms with van der Waals surface area (Å²) in [7, 11) is 3.37. The normalized spacial score (nSPS) is 13.1. The molecule has 4 heteroatoms. The molecule has 0 heterocycles. The van der Waals surface area contributed by atoms with Crippen LogP contribution in [0.3, 0.4) is 0 Å². The van der Waals surface area contributed by atoms with Crippen LogP contribution in [0.2, 0.25) is 0 Å². The van der Waals surface area contributed by atoms with Gasteiger partial charge in [-0.25, -0.2) is 0 Å². The summed E-state index contributed by atoms with van der Waals surface area (Å²) in [6, 6.07) is 12.4. The molecule has 0 bridgehead atoms. The molecule has 26 heavy (non-hydrogen) atoms. The van der Waals surface area contributed by atoms with Gasteiger partial charge in [-0.1, -0.05) is 32.9 Å². The Balaban J connectivity index is 1.90. The standard InChI is InChI=1S/C22H27NO3/c1-22(2,3)21(24)23-11-10-18-19-12-14(25-4)6-8-16(19)17-9-7-15(26-5)13-20(17)18/h6-9,12-13,18H,10-11H2,1-5H3,(H,23,24). The van der Waals surface area contributed by atoms with Gasteiger partial charge in [0.05, 0.1) is 14.2 Å². The molecular formula is C22H27NO3. The SMILES string of the molecule is COc1ccc2c(c1)C(CCNC(=O)C(C)(C)C)c1cc(OC)ccc1-2. The summed E-state index contributed by atoms with van der Waals surface area (Å²) in [6.07, 6.45) is 0.835. The largest absolute Gasteiger partial charge is 0.497 e. The van der Waals surface area contributed by atoms with E-state index in [-0.39, 0.29) is 17.2 Å². The van der Waals surface area contributed by atoms with Gasteiger partial charge in [0.25, 0.3) is 0 Å². The maximum Gasteiger partial charge on any atom is 0.225 e. The van der Waals surface area contributed by atoms with E-state index in [1.165, 1.54) is 22.3 Å². The van der Waals surface area contributed by atoms with Gasteiger partial charge >= 0.3 is 0 Å². The summed E-state index contributed by atoms with van der Waals surface area (Å²) < 4.78 is 10.8. The van der Waals surface area contributed by atoms with Crippen molar-refractivity contribution in [3.63, 3.8) is 0 Å². The minimum Gasteiger partial charge on any atom is -0.497 e. The predicted octanol–water partition coefficient (Wildman–Crippen LogP) is 4.37. The van der Waals surface area contributed by atoms with Crippen molar-refractivity contribution < 1.29 is 14.3 Å². The van der Waals surface area contributed by atoms with E-state index in [4.69, 9.17) is 9.47 Å². The van der Waals surface area contributed by atoms with E-state index >= 15 is 0 Å². The Kier molecular flexibility index (Phi) is 4.94. The highest BCUT2D eigenvalue weighted by Crippen LogP contribution is 2.48. The van der Waals surface area contributed by atoms with Crippen LogP contribution in [0.15, 0.2) is 36.4 Å². The first kappa shape index (κ1) is 18.3. The van der Waals surface area contributed by atoms with Gasteiger partial charge in [0.15, 0.2) is 0 Å². The van der Waals surface area contributed by atoms with Gasteiger partial charge in [0.2, 0.25) is 5.91 Å². The van der Waals surface area contributed by atoms with Crippen molar-refractivity contribution in [3.8, 4) is 22.6 Å². The molecule has 1 aliphatic carbocycles. The highest BCUT2D eigenvalue weighted by Gasteiger charge is 2.30. The van der Waals surface area contributed by atoms with Crippen LogP contribution >= 0.6 is 0 Å². The number of rotatable bonds is 5. The molecule has 0 saturated heterocycles. The summed E-state index contributed by atoms with van der Waals surface area (Å²) in [6.45, 7) is 6.42. The number of fused-ring (bicyclic) bond motifs is 3. The average molecular weight is 353 g/mol. The Morgan fingerprint density at radius 1 is 0.962 bits per heavy atom. The van der Waals surface area contributed by atoms with E-state index < -0.39 is 0 Å². The lowest BCUT2D eigenvalue weighted by molar-refractivity contribution is -0.128. The molecule has 3 rings (SSSR count). The van der Waals surface area contributed by atoms with Gasteiger partial charge in [-0.05, 0) is 52.9 Å². The van der Waals surface area contributed by atoms with Gasteiger partial charge in [-0.15, -0.1) is 0 Å². The number of carbonyl (C=O) groups is 1. The Labute approximate surface area is 155 Å². The Morgan fingerprint density at radius 2 is 1.46 bits per heavy atom. The van der Waals surface area contributed by atoms with E-state index in [1.807, 2.05) is 32.9 Å². The van der Waals surface area contributed by atoms with E-state index in [1.54, 1.807) is 14.2 Å². The number of nitrogens with one attached hydrogen (secondary N) is 1. The third kappa shape index (κ3) is 3.41. The van der Waals surface area contributed by atoms with Crippen LogP contribution < -0.4 is 14.8 Å². The summed E-state index contributed by atoms with van der Waals surface area (Å²) >= 11 is 0. The van der Waals surface area contributed by atoms with Crippen LogP contribution in [0.4, 0.5) is 0 Å². The van der Waals surface area contributed by atoms with Gasteiger partial charge in [0.1, 0.15) is 11.5 Å². The highest BCUT2D eigenvalue weighted by molar-refractivity contribution is 5.82. The maximum atomic E-state index is 12.2. The van der Waals surface area contributed by atoms with Crippen molar-refractivity contribution in [3.05, 3.63) is 47.5 Å². The first-order valence-electron chi connectivity index (χ1n) is 8.99. The third-order valence-corrected chi connectivity index (χ3v) is 4.96. The van der Waals surface area contributed by atoms with Crippen molar-refractivity contribution in [1.82, 2.24) is 5.32 Å². The van der Waals surface area contributed by atoms with E-state index in [2.05, 4.69) is 29.6 Å². The van der Waals surface area contributed by atoms with Crippen molar-refractivity contribution >= 4 is 5.91 Å². The summed E-state index contributed by atoms with van der Waals surface area (Å²) in [4.78, 5) is 12.2. The molecule has 0 radical (unpaired) electrons. The molecule has 0 saturated carbocycles. The fraction of sp³-hybridized carbons (Fsp3) is 0.409. The van der Waals surface area contributed by atoms with E-state index in [0.29, 0.717) is 6.54 Å². The van der Waals surface area contributed by atoms with Gasteiger partial charge < -0.3 is 14.8 Å². The zero-order valence-corrected chi connectivity index (χ0v) is 16.2. The van der Waals surface area contributed by atoms with Crippen molar-refractivity contribution in [2.75, 3.05) is 20.8 Å². The van der Waals surface area contributed by atoms with Gasteiger partial charge in [-0.3, -0.25) is 4.79 Å². The minimum absolute atomic E-state index is 0.0761. The summed E-state index contributed by atoms with van der Waals surface area (Å²) in [5.74, 6) is 2.00.